The first-order valence-electron chi connectivity index (χ1n) is 9.96. The van der Waals surface area contributed by atoms with E-state index in [1.807, 2.05) is 25.1 Å². The zero-order valence-corrected chi connectivity index (χ0v) is 18.9. The summed E-state index contributed by atoms with van der Waals surface area (Å²) in [5.41, 5.74) is 3.11. The fourth-order valence-corrected chi connectivity index (χ4v) is 3.37. The summed E-state index contributed by atoms with van der Waals surface area (Å²) < 4.78 is 46.9. The van der Waals surface area contributed by atoms with Crippen molar-refractivity contribution in [2.24, 2.45) is 0 Å². The third-order valence-corrected chi connectivity index (χ3v) is 5.04. The minimum atomic E-state index is -3.00. The van der Waals surface area contributed by atoms with Crippen molar-refractivity contribution in [3.63, 3.8) is 0 Å². The molecule has 2 aromatic carbocycles. The number of benzene rings is 2. The van der Waals surface area contributed by atoms with Crippen LogP contribution in [0, 0.1) is 13.8 Å². The van der Waals surface area contributed by atoms with Gasteiger partial charge in [-0.3, -0.25) is 9.48 Å². The van der Waals surface area contributed by atoms with E-state index in [4.69, 9.17) is 14.2 Å². The van der Waals surface area contributed by atoms with E-state index in [-0.39, 0.29) is 17.1 Å². The summed E-state index contributed by atoms with van der Waals surface area (Å²) in [5, 5.41) is 7.37. The van der Waals surface area contributed by atoms with Gasteiger partial charge in [0.1, 0.15) is 0 Å². The Hall–Kier alpha value is -3.82. The number of nitrogens with one attached hydrogen (secondary N) is 1. The van der Waals surface area contributed by atoms with Gasteiger partial charge in [-0.2, -0.15) is 13.9 Å². The van der Waals surface area contributed by atoms with Crippen LogP contribution in [0.1, 0.15) is 27.3 Å². The SMILES string of the molecule is COc1ccc(Cn2nc(C)c(NC(=O)c3ccc(OC(F)F)c(OC)c3)c2C)cc1OC. The van der Waals surface area contributed by atoms with Crippen molar-refractivity contribution in [1.29, 1.82) is 0 Å². The predicted molar refractivity (Wildman–Crippen MR) is 118 cm³/mol. The number of nitrogens with zero attached hydrogens (tertiary/aromatic N) is 2. The van der Waals surface area contributed by atoms with Gasteiger partial charge >= 0.3 is 6.61 Å². The Kier molecular flexibility index (Phi) is 7.37. The van der Waals surface area contributed by atoms with Crippen LogP contribution in [0.5, 0.6) is 23.0 Å². The standard InChI is InChI=1S/C23H25F2N3O5/c1-13-21(26-22(29)16-7-9-18(33-23(24)25)20(11-16)32-5)14(2)28(27-13)12-15-6-8-17(30-3)19(10-15)31-4/h6-11,23H,12H2,1-5H3,(H,26,29). The minimum Gasteiger partial charge on any atom is -0.493 e. The van der Waals surface area contributed by atoms with Crippen LogP contribution in [0.4, 0.5) is 14.5 Å². The molecule has 1 aromatic heterocycles. The van der Waals surface area contributed by atoms with Crippen LogP contribution in [-0.2, 0) is 6.54 Å². The zero-order valence-electron chi connectivity index (χ0n) is 18.9. The number of ether oxygens (including phenoxy) is 4. The van der Waals surface area contributed by atoms with Crippen molar-refractivity contribution in [1.82, 2.24) is 9.78 Å². The van der Waals surface area contributed by atoms with E-state index in [0.29, 0.717) is 29.4 Å². The van der Waals surface area contributed by atoms with Crippen molar-refractivity contribution < 1.29 is 32.5 Å². The Labute approximate surface area is 190 Å². The number of carbonyl (C=O) groups is 1. The van der Waals surface area contributed by atoms with Crippen LogP contribution in [-0.4, -0.2) is 43.6 Å². The van der Waals surface area contributed by atoms with Crippen molar-refractivity contribution in [3.8, 4) is 23.0 Å². The molecule has 0 bridgehead atoms. The highest BCUT2D eigenvalue weighted by Gasteiger charge is 2.18. The normalized spacial score (nSPS) is 10.8. The number of anilines is 1. The number of methoxy groups -OCH3 is 3. The highest BCUT2D eigenvalue weighted by molar-refractivity contribution is 6.05. The van der Waals surface area contributed by atoms with Crippen LogP contribution >= 0.6 is 0 Å². The summed E-state index contributed by atoms with van der Waals surface area (Å²) in [4.78, 5) is 12.8. The van der Waals surface area contributed by atoms with Gasteiger partial charge in [0.25, 0.3) is 5.91 Å². The van der Waals surface area contributed by atoms with Crippen LogP contribution in [0.15, 0.2) is 36.4 Å². The largest absolute Gasteiger partial charge is 0.493 e. The molecular formula is C23H25F2N3O5. The maximum Gasteiger partial charge on any atom is 0.387 e. The highest BCUT2D eigenvalue weighted by atomic mass is 19.3. The first-order chi connectivity index (χ1) is 15.8. The molecule has 3 aromatic rings. The van der Waals surface area contributed by atoms with Gasteiger partial charge in [0.05, 0.1) is 44.9 Å². The lowest BCUT2D eigenvalue weighted by atomic mass is 10.1. The third-order valence-electron chi connectivity index (χ3n) is 5.04. The Morgan fingerprint density at radius 1 is 0.970 bits per heavy atom. The van der Waals surface area contributed by atoms with Gasteiger partial charge in [-0.1, -0.05) is 6.07 Å². The Morgan fingerprint density at radius 2 is 1.61 bits per heavy atom. The van der Waals surface area contributed by atoms with Gasteiger partial charge in [-0.25, -0.2) is 0 Å². The highest BCUT2D eigenvalue weighted by Crippen LogP contribution is 2.31. The van der Waals surface area contributed by atoms with Gasteiger partial charge in [0.2, 0.25) is 0 Å². The van der Waals surface area contributed by atoms with Crippen molar-refractivity contribution in [3.05, 3.63) is 58.9 Å². The van der Waals surface area contributed by atoms with Crippen LogP contribution in [0.25, 0.3) is 0 Å². The number of hydrogen-bond acceptors (Lipinski definition) is 6. The molecule has 3 rings (SSSR count). The molecular weight excluding hydrogens is 436 g/mol. The zero-order chi connectivity index (χ0) is 24.1. The minimum absolute atomic E-state index is 0.0283. The summed E-state index contributed by atoms with van der Waals surface area (Å²) in [7, 11) is 4.45. The molecule has 0 unspecified atom stereocenters. The number of rotatable bonds is 9. The van der Waals surface area contributed by atoms with E-state index in [1.165, 1.54) is 25.3 Å². The van der Waals surface area contributed by atoms with Crippen molar-refractivity contribution in [2.45, 2.75) is 27.0 Å². The fraction of sp³-hybridized carbons (Fsp3) is 0.304. The number of hydrogen-bond donors (Lipinski definition) is 1. The molecule has 0 spiro atoms. The van der Waals surface area contributed by atoms with E-state index in [2.05, 4.69) is 15.2 Å². The quantitative estimate of drug-likeness (QED) is 0.508. The second-order valence-corrected chi connectivity index (χ2v) is 7.09. The fourth-order valence-electron chi connectivity index (χ4n) is 3.37. The Balaban J connectivity index is 1.81. The Morgan fingerprint density at radius 3 is 2.24 bits per heavy atom. The summed E-state index contributed by atoms with van der Waals surface area (Å²) in [5.74, 6) is 0.676. The molecule has 33 heavy (non-hydrogen) atoms. The molecule has 0 aliphatic rings. The summed E-state index contributed by atoms with van der Waals surface area (Å²) in [6.07, 6.45) is 0. The topological polar surface area (TPSA) is 83.8 Å². The second kappa shape index (κ2) is 10.2. The first kappa shape index (κ1) is 23.8. The molecule has 1 heterocycles. The molecule has 0 aliphatic carbocycles. The van der Waals surface area contributed by atoms with E-state index in [1.54, 1.807) is 25.8 Å². The number of halogens is 2. The number of alkyl halides is 2. The molecule has 0 radical (unpaired) electrons. The van der Waals surface area contributed by atoms with Crippen LogP contribution in [0.3, 0.4) is 0 Å². The van der Waals surface area contributed by atoms with Gasteiger partial charge in [-0.05, 0) is 49.7 Å². The summed E-state index contributed by atoms with van der Waals surface area (Å²) in [6.45, 7) is 1.08. The lowest BCUT2D eigenvalue weighted by Gasteiger charge is -2.12. The number of aryl methyl sites for hydroxylation is 1. The molecule has 0 atom stereocenters. The maximum absolute atomic E-state index is 12.8. The summed E-state index contributed by atoms with van der Waals surface area (Å²) in [6, 6.07) is 9.58. The second-order valence-electron chi connectivity index (χ2n) is 7.09. The van der Waals surface area contributed by atoms with E-state index in [0.717, 1.165) is 11.3 Å². The Bertz CT molecular complexity index is 1150. The first-order valence-corrected chi connectivity index (χ1v) is 9.96. The molecule has 0 fully saturated rings. The summed E-state index contributed by atoms with van der Waals surface area (Å²) >= 11 is 0. The molecule has 10 heteroatoms. The molecule has 0 saturated carbocycles. The lowest BCUT2D eigenvalue weighted by Crippen LogP contribution is -2.14. The smallest absolute Gasteiger partial charge is 0.387 e. The van der Waals surface area contributed by atoms with Crippen LogP contribution < -0.4 is 24.3 Å². The van der Waals surface area contributed by atoms with Crippen LogP contribution in [0.2, 0.25) is 0 Å². The van der Waals surface area contributed by atoms with E-state index < -0.39 is 12.5 Å². The molecule has 1 amide bonds. The van der Waals surface area contributed by atoms with Gasteiger partial charge in [0.15, 0.2) is 23.0 Å². The van der Waals surface area contributed by atoms with E-state index >= 15 is 0 Å². The van der Waals surface area contributed by atoms with E-state index in [9.17, 15) is 13.6 Å². The lowest BCUT2D eigenvalue weighted by molar-refractivity contribution is -0.0512. The van der Waals surface area contributed by atoms with Crippen molar-refractivity contribution in [2.75, 3.05) is 26.6 Å². The van der Waals surface area contributed by atoms with Gasteiger partial charge < -0.3 is 24.3 Å². The molecule has 0 saturated heterocycles. The number of aromatic nitrogens is 2. The number of carbonyl (C=O) groups excluding carboxylic acids is 1. The number of amides is 1. The molecule has 176 valence electrons. The average molecular weight is 461 g/mol. The monoisotopic (exact) mass is 461 g/mol. The maximum atomic E-state index is 12.8. The van der Waals surface area contributed by atoms with Crippen molar-refractivity contribution >= 4 is 11.6 Å². The third kappa shape index (κ3) is 5.33. The molecule has 0 aliphatic heterocycles. The molecule has 1 N–H and O–H groups in total. The van der Waals surface area contributed by atoms with Gasteiger partial charge in [0, 0.05) is 5.56 Å². The predicted octanol–water partition coefficient (Wildman–Crippen LogP) is 4.43. The van der Waals surface area contributed by atoms with Gasteiger partial charge in [-0.15, -0.1) is 0 Å². The average Bonchev–Trinajstić information content (AvgIpc) is 3.05. The molecule has 8 nitrogen and oxygen atoms in total.